The van der Waals surface area contributed by atoms with Gasteiger partial charge in [0.25, 0.3) is 5.56 Å². The second kappa shape index (κ2) is 9.15. The molecule has 0 unspecified atom stereocenters. The summed E-state index contributed by atoms with van der Waals surface area (Å²) in [4.78, 5) is 21.1. The smallest absolute Gasteiger partial charge is 0.268 e. The summed E-state index contributed by atoms with van der Waals surface area (Å²) in [6, 6.07) is 13.4. The quantitative estimate of drug-likeness (QED) is 0.297. The molecule has 0 amide bonds. The van der Waals surface area contributed by atoms with Crippen molar-refractivity contribution < 1.29 is 9.15 Å². The normalized spacial score (nSPS) is 11.2. The lowest BCUT2D eigenvalue weighted by Gasteiger charge is -2.00. The zero-order valence-corrected chi connectivity index (χ0v) is 19.3. The van der Waals surface area contributed by atoms with E-state index in [1.54, 1.807) is 13.4 Å². The van der Waals surface area contributed by atoms with Crippen molar-refractivity contribution in [3.05, 3.63) is 70.7 Å². The Kier molecular flexibility index (Phi) is 5.93. The van der Waals surface area contributed by atoms with Crippen LogP contribution in [0.1, 0.15) is 11.6 Å². The van der Waals surface area contributed by atoms with Crippen LogP contribution in [0.2, 0.25) is 0 Å². The van der Waals surface area contributed by atoms with Gasteiger partial charge in [0.15, 0.2) is 4.34 Å². The molecule has 5 aromatic rings. The number of nitrogens with one attached hydrogen (secondary N) is 2. The zero-order valence-electron chi connectivity index (χ0n) is 16.8. The Morgan fingerprint density at radius 1 is 1.19 bits per heavy atom. The lowest BCUT2D eigenvalue weighted by Crippen LogP contribution is -2.09. The predicted molar refractivity (Wildman–Crippen MR) is 128 cm³/mol. The van der Waals surface area contributed by atoms with Crippen molar-refractivity contribution in [1.82, 2.24) is 20.2 Å². The Morgan fingerprint density at radius 3 is 2.84 bits per heavy atom. The molecule has 11 heteroatoms. The average molecular weight is 484 g/mol. The first-order valence-corrected chi connectivity index (χ1v) is 12.2. The number of aromatic nitrogens is 4. The highest BCUT2D eigenvalue weighted by Gasteiger charge is 2.12. The van der Waals surface area contributed by atoms with Gasteiger partial charge in [0.1, 0.15) is 22.0 Å². The highest BCUT2D eigenvalue weighted by atomic mass is 32.2. The number of aromatic amines is 1. The molecule has 1 aromatic carbocycles. The molecule has 0 saturated heterocycles. The molecule has 4 heterocycles. The van der Waals surface area contributed by atoms with Crippen molar-refractivity contribution in [3.8, 4) is 16.2 Å². The van der Waals surface area contributed by atoms with E-state index in [0.717, 1.165) is 26.3 Å². The van der Waals surface area contributed by atoms with Gasteiger partial charge in [-0.15, -0.1) is 21.5 Å². The van der Waals surface area contributed by atoms with Crippen molar-refractivity contribution in [2.75, 3.05) is 12.4 Å². The summed E-state index contributed by atoms with van der Waals surface area (Å²) in [7, 11) is 1.64. The largest absolute Gasteiger partial charge is 0.497 e. The summed E-state index contributed by atoms with van der Waals surface area (Å²) < 4.78 is 11.9. The van der Waals surface area contributed by atoms with Crippen molar-refractivity contribution in [3.63, 3.8) is 0 Å². The first-order valence-electron chi connectivity index (χ1n) is 9.57. The molecule has 32 heavy (non-hydrogen) atoms. The van der Waals surface area contributed by atoms with Crippen LogP contribution in [-0.4, -0.2) is 27.3 Å². The number of thiophene rings is 1. The minimum atomic E-state index is -0.131. The van der Waals surface area contributed by atoms with Crippen LogP contribution in [0.4, 0.5) is 5.13 Å². The number of H-pyrrole nitrogens is 1. The van der Waals surface area contributed by atoms with Gasteiger partial charge in [0.05, 0.1) is 31.2 Å². The summed E-state index contributed by atoms with van der Waals surface area (Å²) >= 11 is 4.36. The molecular formula is C21H17N5O3S3. The highest BCUT2D eigenvalue weighted by Crippen LogP contribution is 2.33. The molecule has 0 atom stereocenters. The Bertz CT molecular complexity index is 1390. The molecule has 8 nitrogen and oxygen atoms in total. The summed E-state index contributed by atoms with van der Waals surface area (Å²) in [5.41, 5.74) is 1.58. The number of methoxy groups -OCH3 is 1. The van der Waals surface area contributed by atoms with Crippen molar-refractivity contribution in [2.45, 2.75) is 16.6 Å². The van der Waals surface area contributed by atoms with Crippen molar-refractivity contribution >= 4 is 49.8 Å². The molecule has 2 N–H and O–H groups in total. The maximum atomic E-state index is 12.6. The van der Waals surface area contributed by atoms with E-state index < -0.39 is 0 Å². The first kappa shape index (κ1) is 20.7. The van der Waals surface area contributed by atoms with Crippen LogP contribution >= 0.6 is 34.4 Å². The number of nitrogens with zero attached hydrogens (tertiary/aromatic N) is 3. The number of hydrogen-bond donors (Lipinski definition) is 2. The number of rotatable bonds is 8. The van der Waals surface area contributed by atoms with E-state index in [2.05, 4.69) is 25.5 Å². The minimum Gasteiger partial charge on any atom is -0.497 e. The third kappa shape index (κ3) is 4.54. The number of anilines is 1. The Hall–Kier alpha value is -3.15. The van der Waals surface area contributed by atoms with Crippen LogP contribution in [0.25, 0.3) is 20.7 Å². The number of benzene rings is 1. The molecule has 0 spiro atoms. The molecular weight excluding hydrogens is 466 g/mol. The predicted octanol–water partition coefficient (Wildman–Crippen LogP) is 5.01. The zero-order chi connectivity index (χ0) is 21.9. The van der Waals surface area contributed by atoms with Gasteiger partial charge in [-0.05, 0) is 48.0 Å². The average Bonchev–Trinajstić information content (AvgIpc) is 3.57. The summed E-state index contributed by atoms with van der Waals surface area (Å²) in [6.45, 7) is 0.548. The molecule has 4 aromatic heterocycles. The Labute approximate surface area is 194 Å². The van der Waals surface area contributed by atoms with Crippen LogP contribution < -0.4 is 15.6 Å². The summed E-state index contributed by atoms with van der Waals surface area (Å²) in [5.74, 6) is 2.72. The Morgan fingerprint density at radius 2 is 2.06 bits per heavy atom. The lowest BCUT2D eigenvalue weighted by atomic mass is 10.2. The number of thioether (sulfide) groups is 1. The van der Waals surface area contributed by atoms with Gasteiger partial charge in [-0.3, -0.25) is 4.79 Å². The van der Waals surface area contributed by atoms with Crippen LogP contribution in [-0.2, 0) is 12.3 Å². The number of furan rings is 1. The van der Waals surface area contributed by atoms with E-state index in [1.165, 1.54) is 34.4 Å². The molecule has 0 radical (unpaired) electrons. The molecule has 0 aliphatic carbocycles. The van der Waals surface area contributed by atoms with E-state index in [0.29, 0.717) is 33.5 Å². The summed E-state index contributed by atoms with van der Waals surface area (Å²) in [6.07, 6.45) is 1.64. The maximum Gasteiger partial charge on any atom is 0.268 e. The van der Waals surface area contributed by atoms with E-state index in [4.69, 9.17) is 9.15 Å². The second-order valence-electron chi connectivity index (χ2n) is 6.66. The molecule has 162 valence electrons. The molecule has 5 rings (SSSR count). The van der Waals surface area contributed by atoms with E-state index >= 15 is 0 Å². The fourth-order valence-corrected chi connectivity index (χ4v) is 5.61. The molecule has 0 bridgehead atoms. The van der Waals surface area contributed by atoms with Gasteiger partial charge < -0.3 is 19.5 Å². The van der Waals surface area contributed by atoms with E-state index in [-0.39, 0.29) is 5.56 Å². The van der Waals surface area contributed by atoms with Gasteiger partial charge in [0, 0.05) is 4.88 Å². The van der Waals surface area contributed by atoms with Gasteiger partial charge in [-0.2, -0.15) is 0 Å². The summed E-state index contributed by atoms with van der Waals surface area (Å²) in [5, 5.41) is 12.2. The van der Waals surface area contributed by atoms with Crippen LogP contribution in [0.15, 0.2) is 62.3 Å². The Balaban J connectivity index is 1.28. The molecule has 0 saturated carbocycles. The van der Waals surface area contributed by atoms with E-state index in [1.807, 2.05) is 42.5 Å². The van der Waals surface area contributed by atoms with Crippen LogP contribution in [0, 0.1) is 0 Å². The lowest BCUT2D eigenvalue weighted by molar-refractivity contribution is 0.415. The highest BCUT2D eigenvalue weighted by molar-refractivity contribution is 8.00. The van der Waals surface area contributed by atoms with Crippen LogP contribution in [0.5, 0.6) is 5.75 Å². The van der Waals surface area contributed by atoms with Gasteiger partial charge in [-0.1, -0.05) is 23.1 Å². The third-order valence-electron chi connectivity index (χ3n) is 4.54. The number of ether oxygens (including phenoxy) is 1. The van der Waals surface area contributed by atoms with Gasteiger partial charge >= 0.3 is 0 Å². The standard InChI is InChI=1S/C21H17N5O3S3/c1-28-13-6-4-12(5-7-13)16-9-15-18(31-16)19(27)24-17(23-15)11-30-21-26-25-20(32-21)22-10-14-3-2-8-29-14/h2-9H,10-11H2,1H3,(H,22,25)(H,23,24,27). The van der Waals surface area contributed by atoms with Crippen molar-refractivity contribution in [2.24, 2.45) is 0 Å². The molecule has 0 aliphatic rings. The van der Waals surface area contributed by atoms with Crippen molar-refractivity contribution in [1.29, 1.82) is 0 Å². The SMILES string of the molecule is COc1ccc(-c2cc3nc(CSc4nnc(NCc5ccco5)s4)[nH]c(=O)c3s2)cc1. The fourth-order valence-electron chi connectivity index (χ4n) is 3.00. The topological polar surface area (TPSA) is 106 Å². The molecule has 0 fully saturated rings. The monoisotopic (exact) mass is 483 g/mol. The number of fused-ring (bicyclic) bond motifs is 1. The number of hydrogen-bond acceptors (Lipinski definition) is 10. The second-order valence-corrected chi connectivity index (χ2v) is 9.91. The third-order valence-corrected chi connectivity index (χ3v) is 7.74. The van der Waals surface area contributed by atoms with E-state index in [9.17, 15) is 4.79 Å². The first-order chi connectivity index (χ1) is 15.7. The maximum absolute atomic E-state index is 12.6. The van der Waals surface area contributed by atoms with Crippen LogP contribution in [0.3, 0.4) is 0 Å². The van der Waals surface area contributed by atoms with Gasteiger partial charge in [0.2, 0.25) is 5.13 Å². The molecule has 0 aliphatic heterocycles. The van der Waals surface area contributed by atoms with Gasteiger partial charge in [-0.25, -0.2) is 4.98 Å². The minimum absolute atomic E-state index is 0.131. The fraction of sp³-hybridized carbons (Fsp3) is 0.143.